The van der Waals surface area contributed by atoms with E-state index in [0.29, 0.717) is 0 Å². The standard InChI is InChI=1S/C13H15ClN2S/c1-9-12(17-13(15-2)16-9)7-6-10-4-3-5-11(14)8-10/h3-5,8H,6-7H2,1-2H3,(H,15,16). The highest BCUT2D eigenvalue weighted by atomic mass is 35.5. The zero-order valence-corrected chi connectivity index (χ0v) is 11.5. The van der Waals surface area contributed by atoms with Crippen molar-refractivity contribution < 1.29 is 0 Å². The quantitative estimate of drug-likeness (QED) is 0.907. The van der Waals surface area contributed by atoms with Crippen LogP contribution in [-0.2, 0) is 12.8 Å². The molecule has 2 nitrogen and oxygen atoms in total. The number of hydrogen-bond acceptors (Lipinski definition) is 3. The summed E-state index contributed by atoms with van der Waals surface area (Å²) >= 11 is 7.69. The Morgan fingerprint density at radius 2 is 2.18 bits per heavy atom. The molecule has 0 unspecified atom stereocenters. The number of nitrogens with one attached hydrogen (secondary N) is 1. The van der Waals surface area contributed by atoms with Gasteiger partial charge in [0.2, 0.25) is 0 Å². The normalized spacial score (nSPS) is 10.5. The van der Waals surface area contributed by atoms with Gasteiger partial charge in [-0.05, 0) is 37.5 Å². The third-order valence-corrected chi connectivity index (χ3v) is 4.11. The van der Waals surface area contributed by atoms with Gasteiger partial charge in [0, 0.05) is 16.9 Å². The van der Waals surface area contributed by atoms with Gasteiger partial charge in [0.15, 0.2) is 5.13 Å². The van der Waals surface area contributed by atoms with Gasteiger partial charge in [-0.25, -0.2) is 4.98 Å². The Labute approximate surface area is 111 Å². The monoisotopic (exact) mass is 266 g/mol. The maximum Gasteiger partial charge on any atom is 0.182 e. The molecule has 0 aliphatic carbocycles. The summed E-state index contributed by atoms with van der Waals surface area (Å²) in [7, 11) is 1.90. The summed E-state index contributed by atoms with van der Waals surface area (Å²) in [4.78, 5) is 5.78. The fourth-order valence-corrected chi connectivity index (χ4v) is 2.85. The average molecular weight is 267 g/mol. The van der Waals surface area contributed by atoms with E-state index in [1.54, 1.807) is 11.3 Å². The first-order valence-corrected chi connectivity index (χ1v) is 6.77. The molecule has 1 N–H and O–H groups in total. The summed E-state index contributed by atoms with van der Waals surface area (Å²) in [5, 5.41) is 4.88. The van der Waals surface area contributed by atoms with Crippen molar-refractivity contribution in [1.29, 1.82) is 0 Å². The molecular formula is C13H15ClN2S. The fourth-order valence-electron chi connectivity index (χ4n) is 1.72. The number of benzene rings is 1. The highest BCUT2D eigenvalue weighted by molar-refractivity contribution is 7.15. The first-order valence-electron chi connectivity index (χ1n) is 5.57. The van der Waals surface area contributed by atoms with Gasteiger partial charge < -0.3 is 5.32 Å². The number of anilines is 1. The largest absolute Gasteiger partial charge is 0.365 e. The van der Waals surface area contributed by atoms with Crippen molar-refractivity contribution >= 4 is 28.1 Å². The van der Waals surface area contributed by atoms with Crippen LogP contribution in [0.3, 0.4) is 0 Å². The van der Waals surface area contributed by atoms with Crippen molar-refractivity contribution in [2.24, 2.45) is 0 Å². The van der Waals surface area contributed by atoms with Crippen LogP contribution in [-0.4, -0.2) is 12.0 Å². The second kappa shape index (κ2) is 5.52. The van der Waals surface area contributed by atoms with E-state index >= 15 is 0 Å². The van der Waals surface area contributed by atoms with Crippen molar-refractivity contribution in [3.05, 3.63) is 45.4 Å². The second-order valence-electron chi connectivity index (χ2n) is 3.91. The summed E-state index contributed by atoms with van der Waals surface area (Å²) < 4.78 is 0. The van der Waals surface area contributed by atoms with Crippen LogP contribution in [0, 0.1) is 6.92 Å². The highest BCUT2D eigenvalue weighted by Crippen LogP contribution is 2.24. The number of aromatic nitrogens is 1. The Hall–Kier alpha value is -1.06. The maximum absolute atomic E-state index is 5.96. The van der Waals surface area contributed by atoms with Crippen LogP contribution in [0.5, 0.6) is 0 Å². The van der Waals surface area contributed by atoms with Crippen LogP contribution in [0.2, 0.25) is 5.02 Å². The van der Waals surface area contributed by atoms with E-state index in [0.717, 1.165) is 28.7 Å². The number of rotatable bonds is 4. The molecule has 0 fully saturated rings. The summed E-state index contributed by atoms with van der Waals surface area (Å²) in [6, 6.07) is 8.04. The van der Waals surface area contributed by atoms with Crippen LogP contribution in [0.15, 0.2) is 24.3 Å². The first-order chi connectivity index (χ1) is 8.19. The average Bonchev–Trinajstić information content (AvgIpc) is 2.68. The van der Waals surface area contributed by atoms with Gasteiger partial charge in [-0.1, -0.05) is 23.7 Å². The highest BCUT2D eigenvalue weighted by Gasteiger charge is 2.06. The lowest BCUT2D eigenvalue weighted by molar-refractivity contribution is 0.962. The summed E-state index contributed by atoms with van der Waals surface area (Å²) in [6.45, 7) is 2.06. The van der Waals surface area contributed by atoms with Crippen molar-refractivity contribution in [1.82, 2.24) is 4.98 Å². The molecule has 0 aliphatic rings. The van der Waals surface area contributed by atoms with Crippen molar-refractivity contribution in [2.45, 2.75) is 19.8 Å². The van der Waals surface area contributed by atoms with Crippen LogP contribution >= 0.6 is 22.9 Å². The van der Waals surface area contributed by atoms with Gasteiger partial charge in [-0.3, -0.25) is 0 Å². The maximum atomic E-state index is 5.96. The molecule has 0 bridgehead atoms. The molecule has 0 spiro atoms. The van der Waals surface area contributed by atoms with Crippen molar-refractivity contribution in [2.75, 3.05) is 12.4 Å². The Bertz CT molecular complexity index is 508. The molecule has 0 saturated carbocycles. The summed E-state index contributed by atoms with van der Waals surface area (Å²) in [5.74, 6) is 0. The first kappa shape index (κ1) is 12.4. The minimum atomic E-state index is 0.805. The van der Waals surface area contributed by atoms with E-state index in [1.807, 2.05) is 25.2 Å². The lowest BCUT2D eigenvalue weighted by atomic mass is 10.1. The second-order valence-corrected chi connectivity index (χ2v) is 5.43. The molecule has 0 amide bonds. The third-order valence-electron chi connectivity index (χ3n) is 2.64. The van der Waals surface area contributed by atoms with Gasteiger partial charge >= 0.3 is 0 Å². The Morgan fingerprint density at radius 1 is 1.35 bits per heavy atom. The molecule has 4 heteroatoms. The lowest BCUT2D eigenvalue weighted by Gasteiger charge is -2.00. The smallest absolute Gasteiger partial charge is 0.182 e. The summed E-state index contributed by atoms with van der Waals surface area (Å²) in [5.41, 5.74) is 2.40. The third kappa shape index (κ3) is 3.20. The SMILES string of the molecule is CNc1nc(C)c(CCc2cccc(Cl)c2)s1. The molecule has 17 heavy (non-hydrogen) atoms. The van der Waals surface area contributed by atoms with E-state index in [9.17, 15) is 0 Å². The van der Waals surface area contributed by atoms with Crippen LogP contribution in [0.4, 0.5) is 5.13 Å². The van der Waals surface area contributed by atoms with Gasteiger partial charge in [0.1, 0.15) is 0 Å². The number of nitrogens with zero attached hydrogens (tertiary/aromatic N) is 1. The van der Waals surface area contributed by atoms with Crippen LogP contribution in [0.25, 0.3) is 0 Å². The van der Waals surface area contributed by atoms with E-state index in [4.69, 9.17) is 11.6 Å². The van der Waals surface area contributed by atoms with Crippen molar-refractivity contribution in [3.63, 3.8) is 0 Å². The van der Waals surface area contributed by atoms with Crippen LogP contribution in [0.1, 0.15) is 16.1 Å². The molecule has 0 saturated heterocycles. The summed E-state index contributed by atoms with van der Waals surface area (Å²) in [6.07, 6.45) is 2.03. The van der Waals surface area contributed by atoms with Crippen LogP contribution < -0.4 is 5.32 Å². The van der Waals surface area contributed by atoms with Crippen molar-refractivity contribution in [3.8, 4) is 0 Å². The topological polar surface area (TPSA) is 24.9 Å². The predicted octanol–water partition coefficient (Wildman–Crippen LogP) is 3.93. The molecule has 90 valence electrons. The van der Waals surface area contributed by atoms with Gasteiger partial charge in [0.25, 0.3) is 0 Å². The molecule has 1 heterocycles. The van der Waals surface area contributed by atoms with E-state index in [2.05, 4.69) is 23.3 Å². The zero-order valence-electron chi connectivity index (χ0n) is 9.96. The van der Waals surface area contributed by atoms with Gasteiger partial charge in [-0.2, -0.15) is 0 Å². The Balaban J connectivity index is 2.04. The molecule has 2 rings (SSSR count). The number of thiazole rings is 1. The van der Waals surface area contributed by atoms with E-state index < -0.39 is 0 Å². The molecule has 1 aromatic heterocycles. The Morgan fingerprint density at radius 3 is 2.82 bits per heavy atom. The lowest BCUT2D eigenvalue weighted by Crippen LogP contribution is -1.90. The minimum absolute atomic E-state index is 0.805. The number of aryl methyl sites for hydroxylation is 3. The molecule has 0 aliphatic heterocycles. The van der Waals surface area contributed by atoms with E-state index in [-0.39, 0.29) is 0 Å². The number of halogens is 1. The molecular weight excluding hydrogens is 252 g/mol. The van der Waals surface area contributed by atoms with Gasteiger partial charge in [-0.15, -0.1) is 11.3 Å². The zero-order chi connectivity index (χ0) is 12.3. The minimum Gasteiger partial charge on any atom is -0.365 e. The predicted molar refractivity (Wildman–Crippen MR) is 75.3 cm³/mol. The fraction of sp³-hybridized carbons (Fsp3) is 0.308. The Kier molecular flexibility index (Phi) is 4.02. The molecule has 0 atom stereocenters. The molecule has 2 aromatic rings. The van der Waals surface area contributed by atoms with E-state index in [1.165, 1.54) is 10.4 Å². The molecule has 0 radical (unpaired) electrons. The van der Waals surface area contributed by atoms with Gasteiger partial charge in [0.05, 0.1) is 5.69 Å². The molecule has 1 aromatic carbocycles. The number of hydrogen-bond donors (Lipinski definition) is 1.